The highest BCUT2D eigenvalue weighted by molar-refractivity contribution is 7.80. The van der Waals surface area contributed by atoms with E-state index >= 15 is 0 Å². The van der Waals surface area contributed by atoms with Crippen LogP contribution in [0.5, 0.6) is 5.75 Å². The number of benzene rings is 1. The Morgan fingerprint density at radius 2 is 2.24 bits per heavy atom. The molecule has 0 N–H and O–H groups in total. The summed E-state index contributed by atoms with van der Waals surface area (Å²) < 4.78 is 5.25. The zero-order valence-corrected chi connectivity index (χ0v) is 11.6. The SMILES string of the molecule is COc1ccc(-c2csc(CCS)n2)cc1C. The van der Waals surface area contributed by atoms with Gasteiger partial charge < -0.3 is 4.74 Å². The molecule has 0 bridgehead atoms. The molecular weight excluding hydrogens is 250 g/mol. The van der Waals surface area contributed by atoms with Gasteiger partial charge in [0.15, 0.2) is 0 Å². The Bertz CT molecular complexity index is 508. The number of ether oxygens (including phenoxy) is 1. The second-order valence-corrected chi connectivity index (χ2v) is 5.17. The molecular formula is C13H15NOS2. The number of thiol groups is 1. The van der Waals surface area contributed by atoms with E-state index in [1.807, 2.05) is 19.1 Å². The highest BCUT2D eigenvalue weighted by Gasteiger charge is 2.06. The van der Waals surface area contributed by atoms with Crippen molar-refractivity contribution in [3.05, 3.63) is 34.2 Å². The molecule has 0 spiro atoms. The van der Waals surface area contributed by atoms with Crippen LogP contribution in [0.4, 0.5) is 0 Å². The molecule has 2 rings (SSSR count). The second-order valence-electron chi connectivity index (χ2n) is 3.78. The molecule has 1 aromatic carbocycles. The fourth-order valence-electron chi connectivity index (χ4n) is 1.69. The van der Waals surface area contributed by atoms with E-state index in [2.05, 4.69) is 29.1 Å². The van der Waals surface area contributed by atoms with Gasteiger partial charge in [-0.1, -0.05) is 0 Å². The van der Waals surface area contributed by atoms with E-state index in [9.17, 15) is 0 Å². The number of nitrogens with zero attached hydrogens (tertiary/aromatic N) is 1. The number of hydrogen-bond donors (Lipinski definition) is 1. The molecule has 0 atom stereocenters. The topological polar surface area (TPSA) is 22.1 Å². The molecule has 1 heterocycles. The fraction of sp³-hybridized carbons (Fsp3) is 0.308. The first-order chi connectivity index (χ1) is 8.24. The van der Waals surface area contributed by atoms with E-state index in [4.69, 9.17) is 4.74 Å². The average molecular weight is 265 g/mol. The van der Waals surface area contributed by atoms with E-state index in [-0.39, 0.29) is 0 Å². The number of methoxy groups -OCH3 is 1. The van der Waals surface area contributed by atoms with Crippen molar-refractivity contribution in [3.63, 3.8) is 0 Å². The number of aryl methyl sites for hydroxylation is 2. The third-order valence-corrected chi connectivity index (χ3v) is 3.70. The van der Waals surface area contributed by atoms with E-state index in [0.717, 1.165) is 39.8 Å². The number of hydrogen-bond acceptors (Lipinski definition) is 4. The van der Waals surface area contributed by atoms with Gasteiger partial charge in [-0.3, -0.25) is 0 Å². The molecule has 2 aromatic rings. The lowest BCUT2D eigenvalue weighted by Crippen LogP contribution is -1.88. The van der Waals surface area contributed by atoms with Gasteiger partial charge in [0.1, 0.15) is 5.75 Å². The summed E-state index contributed by atoms with van der Waals surface area (Å²) in [4.78, 5) is 4.60. The number of aromatic nitrogens is 1. The highest BCUT2D eigenvalue weighted by atomic mass is 32.1. The van der Waals surface area contributed by atoms with Crippen LogP contribution in [0.25, 0.3) is 11.3 Å². The maximum Gasteiger partial charge on any atom is 0.121 e. The predicted octanol–water partition coefficient (Wildman–Crippen LogP) is 3.60. The van der Waals surface area contributed by atoms with Crippen LogP contribution in [0.2, 0.25) is 0 Å². The third kappa shape index (κ3) is 2.82. The van der Waals surface area contributed by atoms with Gasteiger partial charge in [-0.15, -0.1) is 11.3 Å². The van der Waals surface area contributed by atoms with E-state index in [1.165, 1.54) is 0 Å². The summed E-state index contributed by atoms with van der Waals surface area (Å²) in [7, 11) is 1.69. The van der Waals surface area contributed by atoms with Crippen molar-refractivity contribution in [1.82, 2.24) is 4.98 Å². The van der Waals surface area contributed by atoms with Gasteiger partial charge in [0, 0.05) is 17.4 Å². The lowest BCUT2D eigenvalue weighted by atomic mass is 10.1. The summed E-state index contributed by atoms with van der Waals surface area (Å²) in [6, 6.07) is 6.14. The van der Waals surface area contributed by atoms with E-state index in [1.54, 1.807) is 18.4 Å². The zero-order chi connectivity index (χ0) is 12.3. The molecule has 0 saturated heterocycles. The molecule has 1 aromatic heterocycles. The molecule has 90 valence electrons. The molecule has 0 fully saturated rings. The Morgan fingerprint density at radius 3 is 2.88 bits per heavy atom. The van der Waals surface area contributed by atoms with Crippen LogP contribution in [-0.2, 0) is 6.42 Å². The van der Waals surface area contributed by atoms with Crippen molar-refractivity contribution in [1.29, 1.82) is 0 Å². The minimum atomic E-state index is 0.842. The van der Waals surface area contributed by atoms with Crippen molar-refractivity contribution in [3.8, 4) is 17.0 Å². The molecule has 17 heavy (non-hydrogen) atoms. The maximum atomic E-state index is 5.25. The van der Waals surface area contributed by atoms with Crippen LogP contribution >= 0.6 is 24.0 Å². The summed E-state index contributed by atoms with van der Waals surface area (Å²) in [5.74, 6) is 1.76. The van der Waals surface area contributed by atoms with Gasteiger partial charge in [-0.05, 0) is 36.4 Å². The van der Waals surface area contributed by atoms with Crippen LogP contribution in [0.1, 0.15) is 10.6 Å². The molecule has 0 unspecified atom stereocenters. The van der Waals surface area contributed by atoms with Gasteiger partial charge in [-0.25, -0.2) is 4.98 Å². The summed E-state index contributed by atoms with van der Waals surface area (Å²) >= 11 is 5.91. The Balaban J connectivity index is 2.29. The second kappa shape index (κ2) is 5.56. The molecule has 0 amide bonds. The summed E-state index contributed by atoms with van der Waals surface area (Å²) in [6.07, 6.45) is 0.933. The fourth-order valence-corrected chi connectivity index (χ4v) is 2.86. The van der Waals surface area contributed by atoms with Gasteiger partial charge in [0.05, 0.1) is 17.8 Å². The standard InChI is InChI=1S/C13H15NOS2/c1-9-7-10(3-4-12(9)15-2)11-8-17-13(14-11)5-6-16/h3-4,7-8,16H,5-6H2,1-2H3. The Kier molecular flexibility index (Phi) is 4.07. The minimum absolute atomic E-state index is 0.842. The summed E-state index contributed by atoms with van der Waals surface area (Å²) in [6.45, 7) is 2.04. The molecule has 4 heteroatoms. The van der Waals surface area contributed by atoms with Crippen LogP contribution < -0.4 is 4.74 Å². The molecule has 0 radical (unpaired) electrons. The van der Waals surface area contributed by atoms with Gasteiger partial charge >= 0.3 is 0 Å². The first-order valence-electron chi connectivity index (χ1n) is 5.45. The average Bonchev–Trinajstić information content (AvgIpc) is 2.78. The minimum Gasteiger partial charge on any atom is -0.496 e. The number of thiazole rings is 1. The normalized spacial score (nSPS) is 10.5. The lowest BCUT2D eigenvalue weighted by molar-refractivity contribution is 0.412. The molecule has 0 aliphatic rings. The molecule has 0 aliphatic carbocycles. The monoisotopic (exact) mass is 265 g/mol. The number of rotatable bonds is 4. The largest absolute Gasteiger partial charge is 0.496 e. The summed E-state index contributed by atoms with van der Waals surface area (Å²) in [5.41, 5.74) is 3.32. The first kappa shape index (κ1) is 12.5. The molecule has 0 saturated carbocycles. The third-order valence-electron chi connectivity index (χ3n) is 2.57. The van der Waals surface area contributed by atoms with Crippen LogP contribution in [-0.4, -0.2) is 17.8 Å². The van der Waals surface area contributed by atoms with Crippen LogP contribution in [0.3, 0.4) is 0 Å². The van der Waals surface area contributed by atoms with Crippen LogP contribution in [0.15, 0.2) is 23.6 Å². The van der Waals surface area contributed by atoms with Crippen molar-refractivity contribution in [2.24, 2.45) is 0 Å². The molecule has 0 aliphatic heterocycles. The summed E-state index contributed by atoms with van der Waals surface area (Å²) in [5, 5.41) is 3.24. The maximum absolute atomic E-state index is 5.25. The van der Waals surface area contributed by atoms with Gasteiger partial charge in [0.2, 0.25) is 0 Å². The van der Waals surface area contributed by atoms with Gasteiger partial charge in [-0.2, -0.15) is 12.6 Å². The van der Waals surface area contributed by atoms with Gasteiger partial charge in [0.25, 0.3) is 0 Å². The van der Waals surface area contributed by atoms with Crippen molar-refractivity contribution < 1.29 is 4.74 Å². The highest BCUT2D eigenvalue weighted by Crippen LogP contribution is 2.27. The predicted molar refractivity (Wildman–Crippen MR) is 76.4 cm³/mol. The zero-order valence-electron chi connectivity index (χ0n) is 9.93. The molecule has 2 nitrogen and oxygen atoms in total. The van der Waals surface area contributed by atoms with E-state index < -0.39 is 0 Å². The quantitative estimate of drug-likeness (QED) is 0.853. The lowest BCUT2D eigenvalue weighted by Gasteiger charge is -2.05. The Morgan fingerprint density at radius 1 is 1.41 bits per heavy atom. The Hall–Kier alpha value is -1.00. The Labute approximate surface area is 111 Å². The van der Waals surface area contributed by atoms with E-state index in [0.29, 0.717) is 0 Å². The van der Waals surface area contributed by atoms with Crippen molar-refractivity contribution in [2.75, 3.05) is 12.9 Å². The van der Waals surface area contributed by atoms with Crippen molar-refractivity contribution >= 4 is 24.0 Å². The first-order valence-corrected chi connectivity index (χ1v) is 6.96. The van der Waals surface area contributed by atoms with Crippen molar-refractivity contribution in [2.45, 2.75) is 13.3 Å². The van der Waals surface area contributed by atoms with Crippen LogP contribution in [0, 0.1) is 6.92 Å². The smallest absolute Gasteiger partial charge is 0.121 e.